The van der Waals surface area contributed by atoms with Gasteiger partial charge in [0.2, 0.25) is 0 Å². The molecule has 190 valence electrons. The lowest BCUT2D eigenvalue weighted by molar-refractivity contribution is -0.384. The fourth-order valence-corrected chi connectivity index (χ4v) is 4.15. The van der Waals surface area contributed by atoms with Crippen LogP contribution in [0, 0.1) is 10.1 Å². The van der Waals surface area contributed by atoms with Gasteiger partial charge in [-0.1, -0.05) is 6.07 Å². The number of ether oxygens (including phenoxy) is 3. The Balaban J connectivity index is 1.49. The van der Waals surface area contributed by atoms with Crippen LogP contribution in [0.5, 0.6) is 11.5 Å². The summed E-state index contributed by atoms with van der Waals surface area (Å²) in [5.74, 6) is 1.57. The van der Waals surface area contributed by atoms with Crippen molar-refractivity contribution in [1.82, 2.24) is 10.2 Å². The Morgan fingerprint density at radius 3 is 2.53 bits per heavy atom. The van der Waals surface area contributed by atoms with Gasteiger partial charge in [0.15, 0.2) is 17.3 Å². The lowest BCUT2D eigenvalue weighted by Gasteiger charge is -2.35. The van der Waals surface area contributed by atoms with Crippen LogP contribution in [0.3, 0.4) is 0 Å². The molecule has 0 saturated carbocycles. The summed E-state index contributed by atoms with van der Waals surface area (Å²) < 4.78 is 22.4. The van der Waals surface area contributed by atoms with E-state index in [1.165, 1.54) is 12.1 Å². The van der Waals surface area contributed by atoms with Crippen molar-refractivity contribution >= 4 is 11.6 Å². The summed E-state index contributed by atoms with van der Waals surface area (Å²) in [4.78, 5) is 25.6. The molecule has 1 N–H and O–H groups in total. The van der Waals surface area contributed by atoms with Gasteiger partial charge in [0.25, 0.3) is 11.6 Å². The number of nitro groups is 1. The number of rotatable bonds is 10. The van der Waals surface area contributed by atoms with E-state index in [1.54, 1.807) is 31.4 Å². The van der Waals surface area contributed by atoms with E-state index in [4.69, 9.17) is 18.6 Å². The van der Waals surface area contributed by atoms with E-state index in [1.807, 2.05) is 25.1 Å². The van der Waals surface area contributed by atoms with E-state index >= 15 is 0 Å². The molecule has 0 bridgehead atoms. The SMILES string of the molecule is CCOc1ccc(C(CNC(=O)c2ccc(-c3ccc([N+](=O)[O-])cc3)o2)N2CCOCC2)cc1OC. The van der Waals surface area contributed by atoms with Crippen molar-refractivity contribution in [2.45, 2.75) is 13.0 Å². The van der Waals surface area contributed by atoms with Crippen LogP contribution in [-0.4, -0.2) is 62.3 Å². The Morgan fingerprint density at radius 2 is 1.86 bits per heavy atom. The minimum Gasteiger partial charge on any atom is -0.493 e. The predicted octanol–water partition coefficient (Wildman–Crippen LogP) is 4.07. The number of hydrogen-bond donors (Lipinski definition) is 1. The van der Waals surface area contributed by atoms with E-state index in [-0.39, 0.29) is 23.4 Å². The molecule has 1 aliphatic heterocycles. The van der Waals surface area contributed by atoms with Crippen LogP contribution in [0.4, 0.5) is 5.69 Å². The van der Waals surface area contributed by atoms with Crippen LogP contribution in [0.2, 0.25) is 0 Å². The first-order valence-electron chi connectivity index (χ1n) is 11.8. The molecule has 4 rings (SSSR count). The fraction of sp³-hybridized carbons (Fsp3) is 0.346. The highest BCUT2D eigenvalue weighted by atomic mass is 16.6. The summed E-state index contributed by atoms with van der Waals surface area (Å²) in [7, 11) is 1.60. The summed E-state index contributed by atoms with van der Waals surface area (Å²) in [5.41, 5.74) is 1.62. The molecule has 36 heavy (non-hydrogen) atoms. The standard InChI is InChI=1S/C26H29N3O7/c1-3-35-23-9-6-19(16-25(23)33-2)21(28-12-14-34-15-13-28)17-27-26(30)24-11-10-22(36-24)18-4-7-20(8-5-18)29(31)32/h4-11,16,21H,3,12-15,17H2,1-2H3,(H,27,30). The van der Waals surface area contributed by atoms with E-state index in [0.29, 0.717) is 49.2 Å². The fourth-order valence-electron chi connectivity index (χ4n) is 4.15. The van der Waals surface area contributed by atoms with Crippen LogP contribution in [0.1, 0.15) is 29.1 Å². The van der Waals surface area contributed by atoms with Gasteiger partial charge < -0.3 is 23.9 Å². The number of benzene rings is 2. The minimum absolute atomic E-state index is 0.0108. The minimum atomic E-state index is -0.463. The van der Waals surface area contributed by atoms with Gasteiger partial charge in [0, 0.05) is 37.3 Å². The summed E-state index contributed by atoms with van der Waals surface area (Å²) in [6.45, 7) is 5.52. The normalized spacial score (nSPS) is 14.7. The number of amides is 1. The zero-order valence-corrected chi connectivity index (χ0v) is 20.3. The number of carbonyl (C=O) groups excluding carboxylic acids is 1. The second kappa shape index (κ2) is 11.7. The quantitative estimate of drug-likeness (QED) is 0.331. The van der Waals surface area contributed by atoms with Crippen LogP contribution >= 0.6 is 0 Å². The second-order valence-electron chi connectivity index (χ2n) is 8.19. The van der Waals surface area contributed by atoms with Gasteiger partial charge in [-0.15, -0.1) is 0 Å². The van der Waals surface area contributed by atoms with Crippen LogP contribution < -0.4 is 14.8 Å². The molecular formula is C26H29N3O7. The molecule has 1 atom stereocenters. The molecule has 1 saturated heterocycles. The van der Waals surface area contributed by atoms with Gasteiger partial charge in [-0.05, 0) is 48.9 Å². The van der Waals surface area contributed by atoms with Crippen molar-refractivity contribution in [3.8, 4) is 22.8 Å². The molecule has 1 aliphatic rings. The van der Waals surface area contributed by atoms with Gasteiger partial charge in [0.1, 0.15) is 5.76 Å². The second-order valence-corrected chi connectivity index (χ2v) is 8.19. The van der Waals surface area contributed by atoms with Crippen molar-refractivity contribution in [2.24, 2.45) is 0 Å². The molecule has 0 radical (unpaired) electrons. The van der Waals surface area contributed by atoms with Crippen molar-refractivity contribution in [3.05, 3.63) is 76.0 Å². The highest BCUT2D eigenvalue weighted by molar-refractivity contribution is 5.92. The third-order valence-corrected chi connectivity index (χ3v) is 6.01. The van der Waals surface area contributed by atoms with E-state index < -0.39 is 4.92 Å². The van der Waals surface area contributed by atoms with Gasteiger partial charge in [-0.3, -0.25) is 19.8 Å². The lowest BCUT2D eigenvalue weighted by atomic mass is 10.0. The molecule has 1 unspecified atom stereocenters. The summed E-state index contributed by atoms with van der Waals surface area (Å²) in [5, 5.41) is 13.9. The van der Waals surface area contributed by atoms with E-state index in [2.05, 4.69) is 10.2 Å². The van der Waals surface area contributed by atoms with Crippen molar-refractivity contribution in [2.75, 3.05) is 46.6 Å². The van der Waals surface area contributed by atoms with Gasteiger partial charge >= 0.3 is 0 Å². The molecule has 3 aromatic rings. The third-order valence-electron chi connectivity index (χ3n) is 6.01. The number of hydrogen-bond acceptors (Lipinski definition) is 8. The van der Waals surface area contributed by atoms with Crippen LogP contribution in [0.15, 0.2) is 59.0 Å². The summed E-state index contributed by atoms with van der Waals surface area (Å²) >= 11 is 0. The number of non-ortho nitro benzene ring substituents is 1. The maximum Gasteiger partial charge on any atom is 0.287 e. The topological polar surface area (TPSA) is 116 Å². The molecule has 1 aromatic heterocycles. The van der Waals surface area contributed by atoms with E-state index in [9.17, 15) is 14.9 Å². The molecule has 0 spiro atoms. The van der Waals surface area contributed by atoms with Gasteiger partial charge in [0.05, 0.1) is 37.9 Å². The molecule has 10 heteroatoms. The monoisotopic (exact) mass is 495 g/mol. The largest absolute Gasteiger partial charge is 0.493 e. The lowest BCUT2D eigenvalue weighted by Crippen LogP contribution is -2.43. The summed E-state index contributed by atoms with van der Waals surface area (Å²) in [6, 6.07) is 14.9. The maximum atomic E-state index is 12.9. The van der Waals surface area contributed by atoms with Crippen molar-refractivity contribution in [1.29, 1.82) is 0 Å². The first-order valence-corrected chi connectivity index (χ1v) is 11.8. The number of furan rings is 1. The van der Waals surface area contributed by atoms with Gasteiger partial charge in [-0.25, -0.2) is 0 Å². The van der Waals surface area contributed by atoms with Crippen molar-refractivity contribution < 1.29 is 28.3 Å². The number of morpholine rings is 1. The van der Waals surface area contributed by atoms with Gasteiger partial charge in [-0.2, -0.15) is 0 Å². The Kier molecular flexibility index (Phi) is 8.19. The number of nitrogens with one attached hydrogen (secondary N) is 1. The average molecular weight is 496 g/mol. The molecule has 1 amide bonds. The molecular weight excluding hydrogens is 466 g/mol. The van der Waals surface area contributed by atoms with Crippen LogP contribution in [0.25, 0.3) is 11.3 Å². The predicted molar refractivity (Wildman–Crippen MR) is 132 cm³/mol. The van der Waals surface area contributed by atoms with E-state index in [0.717, 1.165) is 18.7 Å². The molecule has 2 aromatic carbocycles. The van der Waals surface area contributed by atoms with Crippen LogP contribution in [-0.2, 0) is 4.74 Å². The highest BCUT2D eigenvalue weighted by Gasteiger charge is 2.25. The Hall–Kier alpha value is -3.89. The van der Waals surface area contributed by atoms with Crippen molar-refractivity contribution in [3.63, 3.8) is 0 Å². The Labute approximate surface area is 208 Å². The smallest absolute Gasteiger partial charge is 0.287 e. The summed E-state index contributed by atoms with van der Waals surface area (Å²) in [6.07, 6.45) is 0. The number of nitro benzene ring substituents is 1. The zero-order chi connectivity index (χ0) is 25.5. The number of methoxy groups -OCH3 is 1. The average Bonchev–Trinajstić information content (AvgIpc) is 3.41. The number of carbonyl (C=O) groups is 1. The highest BCUT2D eigenvalue weighted by Crippen LogP contribution is 2.32. The Bertz CT molecular complexity index is 1190. The third kappa shape index (κ3) is 5.84. The zero-order valence-electron chi connectivity index (χ0n) is 20.3. The Morgan fingerprint density at radius 1 is 1.11 bits per heavy atom. The number of nitrogens with zero attached hydrogens (tertiary/aromatic N) is 2. The molecule has 0 aliphatic carbocycles. The first-order chi connectivity index (χ1) is 17.5. The molecule has 1 fully saturated rings. The molecule has 2 heterocycles. The maximum absolute atomic E-state index is 12.9. The first kappa shape index (κ1) is 25.2. The molecule has 10 nitrogen and oxygen atoms in total.